The highest BCUT2D eigenvalue weighted by Crippen LogP contribution is 2.13. The average Bonchev–Trinajstić information content (AvgIpc) is 2.42. The van der Waals surface area contributed by atoms with E-state index in [-0.39, 0.29) is 12.4 Å². The molecular weight excluding hydrogens is 306 g/mol. The van der Waals surface area contributed by atoms with E-state index in [9.17, 15) is 13.2 Å². The topological polar surface area (TPSA) is 81.7 Å². The van der Waals surface area contributed by atoms with Gasteiger partial charge in [-0.15, -0.1) is 0 Å². The van der Waals surface area contributed by atoms with Crippen LogP contribution >= 0.6 is 0 Å². The van der Waals surface area contributed by atoms with E-state index < -0.39 is 21.5 Å². The number of carbonyl (C=O) groups is 1. The van der Waals surface area contributed by atoms with Crippen molar-refractivity contribution >= 4 is 15.9 Å². The minimum absolute atomic E-state index is 0.0627. The number of hydrogen-bond acceptors (Lipinski definition) is 5. The molecule has 1 aromatic carbocycles. The molecule has 1 N–H and O–H groups in total. The van der Waals surface area contributed by atoms with Crippen LogP contribution in [0.5, 0.6) is 0 Å². The maximum Gasteiger partial charge on any atom is 0.431 e. The fourth-order valence-corrected chi connectivity index (χ4v) is 2.59. The van der Waals surface area contributed by atoms with Gasteiger partial charge in [0.1, 0.15) is 5.60 Å². The van der Waals surface area contributed by atoms with Crippen molar-refractivity contribution in [1.82, 2.24) is 5.48 Å². The van der Waals surface area contributed by atoms with E-state index in [4.69, 9.17) is 9.57 Å². The second-order valence-corrected chi connectivity index (χ2v) is 8.03. The Hall–Kier alpha value is -1.60. The quantitative estimate of drug-likeness (QED) is 0.640. The van der Waals surface area contributed by atoms with Crippen molar-refractivity contribution in [2.24, 2.45) is 0 Å². The number of nitrogens with one attached hydrogen (secondary N) is 1. The molecule has 0 bridgehead atoms. The molecule has 0 unspecified atom stereocenters. The summed E-state index contributed by atoms with van der Waals surface area (Å²) in [5.41, 5.74) is 2.42. The number of hydroxylamine groups is 1. The first-order valence-electron chi connectivity index (χ1n) is 7.06. The molecule has 0 saturated heterocycles. The van der Waals surface area contributed by atoms with Gasteiger partial charge >= 0.3 is 6.09 Å². The largest absolute Gasteiger partial charge is 0.442 e. The number of amides is 1. The molecule has 0 aliphatic heterocycles. The molecule has 0 aromatic heterocycles. The first-order chi connectivity index (χ1) is 10.1. The van der Waals surface area contributed by atoms with Crippen LogP contribution in [-0.4, -0.2) is 32.5 Å². The number of benzene rings is 1. The number of carbonyl (C=O) groups excluding carboxylic acids is 1. The summed E-state index contributed by atoms with van der Waals surface area (Å²) >= 11 is 0. The second-order valence-electron chi connectivity index (χ2n) is 5.75. The van der Waals surface area contributed by atoms with E-state index in [0.717, 1.165) is 5.56 Å². The zero-order valence-electron chi connectivity index (χ0n) is 13.4. The normalized spacial score (nSPS) is 12.0. The lowest BCUT2D eigenvalue weighted by atomic mass is 10.2. The molecule has 124 valence electrons. The Balaban J connectivity index is 2.47. The third-order valence-electron chi connectivity index (χ3n) is 2.68. The van der Waals surface area contributed by atoms with E-state index in [1.54, 1.807) is 45.9 Å². The SMILES string of the molecule is CCS(=O)(=O)c1cccc(CCONC(=O)OC(C)(C)C)c1. The molecule has 22 heavy (non-hydrogen) atoms. The molecule has 0 atom stereocenters. The Morgan fingerprint density at radius 3 is 2.55 bits per heavy atom. The Morgan fingerprint density at radius 2 is 1.95 bits per heavy atom. The van der Waals surface area contributed by atoms with Crippen molar-refractivity contribution in [2.45, 2.75) is 44.6 Å². The minimum atomic E-state index is -3.22. The maximum atomic E-state index is 11.8. The lowest BCUT2D eigenvalue weighted by Gasteiger charge is -2.19. The molecule has 0 fully saturated rings. The predicted molar refractivity (Wildman–Crippen MR) is 83.2 cm³/mol. The first-order valence-corrected chi connectivity index (χ1v) is 8.72. The lowest BCUT2D eigenvalue weighted by Crippen LogP contribution is -2.33. The molecule has 1 rings (SSSR count). The van der Waals surface area contributed by atoms with Gasteiger partial charge in [-0.3, -0.25) is 4.84 Å². The van der Waals surface area contributed by atoms with E-state index >= 15 is 0 Å². The molecular formula is C15H23NO5S. The van der Waals surface area contributed by atoms with Gasteiger partial charge in [-0.2, -0.15) is 5.48 Å². The van der Waals surface area contributed by atoms with Crippen LogP contribution in [0.15, 0.2) is 29.2 Å². The molecule has 0 spiro atoms. The minimum Gasteiger partial charge on any atom is -0.442 e. The molecule has 6 nitrogen and oxygen atoms in total. The van der Waals surface area contributed by atoms with Crippen LogP contribution in [0.1, 0.15) is 33.3 Å². The van der Waals surface area contributed by atoms with Gasteiger partial charge in [-0.1, -0.05) is 19.1 Å². The van der Waals surface area contributed by atoms with Crippen LogP contribution < -0.4 is 5.48 Å². The molecule has 1 aromatic rings. The Labute approximate surface area is 131 Å². The molecule has 0 heterocycles. The zero-order valence-corrected chi connectivity index (χ0v) is 14.2. The van der Waals surface area contributed by atoms with Gasteiger partial charge in [0.05, 0.1) is 17.3 Å². The third kappa shape index (κ3) is 6.44. The van der Waals surface area contributed by atoms with Crippen molar-refractivity contribution in [2.75, 3.05) is 12.4 Å². The second kappa shape index (κ2) is 7.60. The summed E-state index contributed by atoms with van der Waals surface area (Å²) in [5.74, 6) is 0.0627. The van der Waals surface area contributed by atoms with Gasteiger partial charge in [0.2, 0.25) is 0 Å². The summed E-state index contributed by atoms with van der Waals surface area (Å²) in [6.07, 6.45) is -0.183. The van der Waals surface area contributed by atoms with E-state index in [1.165, 1.54) is 0 Å². The highest BCUT2D eigenvalue weighted by atomic mass is 32.2. The Bertz CT molecular complexity index is 605. The van der Waals surface area contributed by atoms with Gasteiger partial charge in [0, 0.05) is 0 Å². The van der Waals surface area contributed by atoms with Gasteiger partial charge < -0.3 is 4.74 Å². The standard InChI is InChI=1S/C15H23NO5S/c1-5-22(18,19)13-8-6-7-12(11-13)9-10-20-16-14(17)21-15(2,3)4/h6-8,11H,5,9-10H2,1-4H3,(H,16,17). The molecule has 0 aliphatic carbocycles. The van der Waals surface area contributed by atoms with Crippen molar-refractivity contribution in [1.29, 1.82) is 0 Å². The summed E-state index contributed by atoms with van der Waals surface area (Å²) in [4.78, 5) is 16.7. The van der Waals surface area contributed by atoms with Gasteiger partial charge in [-0.05, 0) is 44.9 Å². The monoisotopic (exact) mass is 329 g/mol. The van der Waals surface area contributed by atoms with Crippen molar-refractivity contribution in [3.63, 3.8) is 0 Å². The van der Waals surface area contributed by atoms with Crippen molar-refractivity contribution < 1.29 is 22.8 Å². The fourth-order valence-electron chi connectivity index (χ4n) is 1.64. The number of ether oxygens (including phenoxy) is 1. The highest BCUT2D eigenvalue weighted by molar-refractivity contribution is 7.91. The Morgan fingerprint density at radius 1 is 1.27 bits per heavy atom. The molecule has 7 heteroatoms. The average molecular weight is 329 g/mol. The van der Waals surface area contributed by atoms with Crippen LogP contribution in [-0.2, 0) is 25.8 Å². The van der Waals surface area contributed by atoms with Gasteiger partial charge in [-0.25, -0.2) is 13.2 Å². The van der Waals surface area contributed by atoms with Crippen molar-refractivity contribution in [3.05, 3.63) is 29.8 Å². The first kappa shape index (κ1) is 18.4. The van der Waals surface area contributed by atoms with Crippen LogP contribution in [0.3, 0.4) is 0 Å². The molecule has 0 saturated carbocycles. The van der Waals surface area contributed by atoms with E-state index in [2.05, 4.69) is 5.48 Å². The number of hydrogen-bond donors (Lipinski definition) is 1. The van der Waals surface area contributed by atoms with Crippen LogP contribution in [0.25, 0.3) is 0 Å². The summed E-state index contributed by atoms with van der Waals surface area (Å²) in [5, 5.41) is 0. The van der Waals surface area contributed by atoms with Crippen LogP contribution in [0.2, 0.25) is 0 Å². The smallest absolute Gasteiger partial charge is 0.431 e. The summed E-state index contributed by atoms with van der Waals surface area (Å²) in [6.45, 7) is 7.09. The lowest BCUT2D eigenvalue weighted by molar-refractivity contribution is -0.00687. The number of rotatable bonds is 6. The fraction of sp³-hybridized carbons (Fsp3) is 0.533. The zero-order chi connectivity index (χ0) is 16.8. The molecule has 1 amide bonds. The maximum absolute atomic E-state index is 11.8. The third-order valence-corrected chi connectivity index (χ3v) is 4.42. The van der Waals surface area contributed by atoms with E-state index in [1.807, 2.05) is 6.07 Å². The van der Waals surface area contributed by atoms with Gasteiger partial charge in [0.25, 0.3) is 0 Å². The van der Waals surface area contributed by atoms with Gasteiger partial charge in [0.15, 0.2) is 9.84 Å². The summed E-state index contributed by atoms with van der Waals surface area (Å²) in [7, 11) is -3.22. The van der Waals surface area contributed by atoms with Crippen molar-refractivity contribution in [3.8, 4) is 0 Å². The number of sulfone groups is 1. The molecule has 0 aliphatic rings. The van der Waals surface area contributed by atoms with Crippen LogP contribution in [0, 0.1) is 0 Å². The van der Waals surface area contributed by atoms with E-state index in [0.29, 0.717) is 11.3 Å². The summed E-state index contributed by atoms with van der Waals surface area (Å²) < 4.78 is 28.6. The Kier molecular flexibility index (Phi) is 6.37. The summed E-state index contributed by atoms with van der Waals surface area (Å²) in [6, 6.07) is 6.70. The predicted octanol–water partition coefficient (Wildman–Crippen LogP) is 2.48. The highest BCUT2D eigenvalue weighted by Gasteiger charge is 2.16. The van der Waals surface area contributed by atoms with Crippen LogP contribution in [0.4, 0.5) is 4.79 Å². The molecule has 0 radical (unpaired) electrons.